The topological polar surface area (TPSA) is 86.9 Å². The molecule has 0 radical (unpaired) electrons. The minimum atomic E-state index is -0.468. The van der Waals surface area contributed by atoms with Gasteiger partial charge < -0.3 is 15.2 Å². The van der Waals surface area contributed by atoms with Gasteiger partial charge in [0.15, 0.2) is 0 Å². The van der Waals surface area contributed by atoms with Crippen LogP contribution in [0.15, 0.2) is 35.9 Å². The predicted molar refractivity (Wildman–Crippen MR) is 107 cm³/mol. The molecule has 0 spiro atoms. The number of benzene rings is 1. The van der Waals surface area contributed by atoms with Crippen LogP contribution in [0.2, 0.25) is 0 Å². The van der Waals surface area contributed by atoms with Crippen molar-refractivity contribution >= 4 is 29.3 Å². The average molecular weight is 364 g/mol. The van der Waals surface area contributed by atoms with Crippen LogP contribution in [0.1, 0.15) is 37.2 Å². The van der Waals surface area contributed by atoms with Gasteiger partial charge in [-0.3, -0.25) is 9.59 Å². The molecule has 1 heterocycles. The van der Waals surface area contributed by atoms with E-state index >= 15 is 0 Å². The number of nitrogens with zero attached hydrogens (tertiary/aromatic N) is 2. The van der Waals surface area contributed by atoms with Crippen molar-refractivity contribution in [3.63, 3.8) is 0 Å². The normalized spacial score (nSPS) is 11.0. The maximum atomic E-state index is 12.5. The first-order valence-corrected chi connectivity index (χ1v) is 8.83. The number of hydrogen-bond acceptors (Lipinski definition) is 3. The van der Waals surface area contributed by atoms with E-state index in [2.05, 4.69) is 22.1 Å². The van der Waals surface area contributed by atoms with E-state index < -0.39 is 5.91 Å². The molecule has 2 aromatic rings. The standard InChI is InChI=1S/C21H24N4O2/c1-5-10-25-14(2)11-17(15(25)3)12-18(13-22)21(27)24-20-8-6-19(7-9-20)23-16(4)26/h6-9,11-12H,5,10H2,1-4H3,(H,23,26)(H,24,27). The lowest BCUT2D eigenvalue weighted by Crippen LogP contribution is -2.13. The van der Waals surface area contributed by atoms with Crippen LogP contribution in [0.4, 0.5) is 11.4 Å². The highest BCUT2D eigenvalue weighted by molar-refractivity contribution is 6.09. The maximum absolute atomic E-state index is 12.5. The Balaban J connectivity index is 2.19. The van der Waals surface area contributed by atoms with Gasteiger partial charge in [0.1, 0.15) is 11.6 Å². The van der Waals surface area contributed by atoms with E-state index in [-0.39, 0.29) is 11.5 Å². The summed E-state index contributed by atoms with van der Waals surface area (Å²) in [6.07, 6.45) is 2.63. The molecule has 140 valence electrons. The van der Waals surface area contributed by atoms with Crippen LogP contribution in [0.3, 0.4) is 0 Å². The van der Waals surface area contributed by atoms with Crippen molar-refractivity contribution in [3.05, 3.63) is 52.9 Å². The number of hydrogen-bond donors (Lipinski definition) is 2. The Morgan fingerprint density at radius 1 is 1.15 bits per heavy atom. The molecule has 0 atom stereocenters. The molecule has 2 amide bonds. The lowest BCUT2D eigenvalue weighted by molar-refractivity contribution is -0.114. The number of amides is 2. The summed E-state index contributed by atoms with van der Waals surface area (Å²) in [6.45, 7) is 8.45. The molecule has 0 saturated heterocycles. The Morgan fingerprint density at radius 3 is 2.26 bits per heavy atom. The van der Waals surface area contributed by atoms with Crippen LogP contribution in [0, 0.1) is 25.2 Å². The minimum Gasteiger partial charge on any atom is -0.349 e. The number of anilines is 2. The van der Waals surface area contributed by atoms with Crippen LogP contribution >= 0.6 is 0 Å². The number of aromatic nitrogens is 1. The second-order valence-electron chi connectivity index (χ2n) is 6.36. The molecule has 6 nitrogen and oxygen atoms in total. The molecular weight excluding hydrogens is 340 g/mol. The zero-order chi connectivity index (χ0) is 20.0. The molecule has 6 heteroatoms. The molecule has 0 aliphatic carbocycles. The van der Waals surface area contributed by atoms with E-state index in [4.69, 9.17) is 0 Å². The van der Waals surface area contributed by atoms with Gasteiger partial charge in [-0.25, -0.2) is 0 Å². The number of carbonyl (C=O) groups is 2. The Morgan fingerprint density at radius 2 is 1.74 bits per heavy atom. The third-order valence-electron chi connectivity index (χ3n) is 4.19. The summed E-state index contributed by atoms with van der Waals surface area (Å²) in [4.78, 5) is 23.5. The number of rotatable bonds is 6. The fourth-order valence-corrected chi connectivity index (χ4v) is 2.88. The highest BCUT2D eigenvalue weighted by Gasteiger charge is 2.13. The molecule has 1 aromatic carbocycles. The first kappa shape index (κ1) is 20.0. The first-order valence-electron chi connectivity index (χ1n) is 8.83. The van der Waals surface area contributed by atoms with E-state index in [1.54, 1.807) is 30.3 Å². The summed E-state index contributed by atoms with van der Waals surface area (Å²) in [5, 5.41) is 14.8. The van der Waals surface area contributed by atoms with Crippen LogP contribution in [0.5, 0.6) is 0 Å². The second kappa shape index (κ2) is 8.86. The molecule has 27 heavy (non-hydrogen) atoms. The Bertz CT molecular complexity index is 915. The van der Waals surface area contributed by atoms with Crippen molar-refractivity contribution in [2.24, 2.45) is 0 Å². The predicted octanol–water partition coefficient (Wildman–Crippen LogP) is 4.02. The molecule has 2 rings (SSSR count). The van der Waals surface area contributed by atoms with E-state index in [1.165, 1.54) is 6.92 Å². The third-order valence-corrected chi connectivity index (χ3v) is 4.19. The lowest BCUT2D eigenvalue weighted by Gasteiger charge is -2.08. The molecule has 0 fully saturated rings. The van der Waals surface area contributed by atoms with E-state index in [9.17, 15) is 14.9 Å². The van der Waals surface area contributed by atoms with Crippen LogP contribution < -0.4 is 10.6 Å². The molecule has 0 aliphatic rings. The summed E-state index contributed by atoms with van der Waals surface area (Å²) >= 11 is 0. The summed E-state index contributed by atoms with van der Waals surface area (Å²) in [6, 6.07) is 10.7. The van der Waals surface area contributed by atoms with Crippen LogP contribution in [-0.2, 0) is 16.1 Å². The van der Waals surface area contributed by atoms with Crippen LogP contribution in [0.25, 0.3) is 6.08 Å². The molecule has 1 aromatic heterocycles. The largest absolute Gasteiger partial charge is 0.349 e. The number of nitriles is 1. The van der Waals surface area contributed by atoms with Gasteiger partial charge in [0.25, 0.3) is 5.91 Å². The summed E-state index contributed by atoms with van der Waals surface area (Å²) in [5.74, 6) is -0.632. The van der Waals surface area contributed by atoms with Gasteiger partial charge >= 0.3 is 0 Å². The smallest absolute Gasteiger partial charge is 0.266 e. The average Bonchev–Trinajstić information content (AvgIpc) is 2.88. The van der Waals surface area contributed by atoms with E-state index in [0.717, 1.165) is 29.9 Å². The van der Waals surface area contributed by atoms with Gasteiger partial charge in [-0.1, -0.05) is 6.92 Å². The number of carbonyl (C=O) groups excluding carboxylic acids is 2. The second-order valence-corrected chi connectivity index (χ2v) is 6.36. The highest BCUT2D eigenvalue weighted by Crippen LogP contribution is 2.20. The van der Waals surface area contributed by atoms with Crippen molar-refractivity contribution in [1.29, 1.82) is 5.26 Å². The first-order chi connectivity index (χ1) is 12.8. The molecule has 0 saturated carbocycles. The van der Waals surface area contributed by atoms with Gasteiger partial charge in [0, 0.05) is 36.2 Å². The summed E-state index contributed by atoms with van der Waals surface area (Å²) < 4.78 is 2.18. The van der Waals surface area contributed by atoms with Crippen molar-refractivity contribution in [2.75, 3.05) is 10.6 Å². The SMILES string of the molecule is CCCn1c(C)cc(C=C(C#N)C(=O)Nc2ccc(NC(C)=O)cc2)c1C. The van der Waals surface area contributed by atoms with Gasteiger partial charge in [-0.05, 0) is 62.2 Å². The van der Waals surface area contributed by atoms with Crippen LogP contribution in [-0.4, -0.2) is 16.4 Å². The number of nitrogens with one attached hydrogen (secondary N) is 2. The molecular formula is C21H24N4O2. The zero-order valence-corrected chi connectivity index (χ0v) is 16.1. The minimum absolute atomic E-state index is 0.0395. The van der Waals surface area contributed by atoms with Crippen molar-refractivity contribution < 1.29 is 9.59 Å². The fourth-order valence-electron chi connectivity index (χ4n) is 2.88. The lowest BCUT2D eigenvalue weighted by atomic mass is 10.1. The quantitative estimate of drug-likeness (QED) is 0.599. The van der Waals surface area contributed by atoms with Gasteiger partial charge in [-0.15, -0.1) is 0 Å². The molecule has 0 aliphatic heterocycles. The molecule has 2 N–H and O–H groups in total. The van der Waals surface area contributed by atoms with Crippen molar-refractivity contribution in [2.45, 2.75) is 40.7 Å². The highest BCUT2D eigenvalue weighted by atomic mass is 16.2. The zero-order valence-electron chi connectivity index (χ0n) is 16.1. The monoisotopic (exact) mass is 364 g/mol. The molecule has 0 unspecified atom stereocenters. The molecule has 0 bridgehead atoms. The fraction of sp³-hybridized carbons (Fsp3) is 0.286. The van der Waals surface area contributed by atoms with Gasteiger partial charge in [-0.2, -0.15) is 5.26 Å². The van der Waals surface area contributed by atoms with Crippen molar-refractivity contribution in [1.82, 2.24) is 4.57 Å². The van der Waals surface area contributed by atoms with Gasteiger partial charge in [0.05, 0.1) is 0 Å². The Kier molecular flexibility index (Phi) is 6.56. The van der Waals surface area contributed by atoms with Crippen molar-refractivity contribution in [3.8, 4) is 6.07 Å². The Labute approximate surface area is 159 Å². The Hall–Kier alpha value is -3.33. The van der Waals surface area contributed by atoms with E-state index in [1.807, 2.05) is 26.0 Å². The summed E-state index contributed by atoms with van der Waals surface area (Å²) in [7, 11) is 0. The number of aryl methyl sites for hydroxylation is 1. The summed E-state index contributed by atoms with van der Waals surface area (Å²) in [5.41, 5.74) is 4.24. The third kappa shape index (κ3) is 5.08. The van der Waals surface area contributed by atoms with E-state index in [0.29, 0.717) is 11.4 Å². The maximum Gasteiger partial charge on any atom is 0.266 e. The van der Waals surface area contributed by atoms with Gasteiger partial charge in [0.2, 0.25) is 5.91 Å².